The third kappa shape index (κ3) is 5.80. The number of carbonyl (C=O) groups is 2. The van der Waals surface area contributed by atoms with E-state index in [9.17, 15) is 19.7 Å². The van der Waals surface area contributed by atoms with E-state index in [1.807, 2.05) is 0 Å². The maximum atomic E-state index is 12.1. The van der Waals surface area contributed by atoms with Gasteiger partial charge in [0.25, 0.3) is 11.6 Å². The Morgan fingerprint density at radius 3 is 2.63 bits per heavy atom. The number of ether oxygens (including phenoxy) is 1. The van der Waals surface area contributed by atoms with Crippen molar-refractivity contribution in [2.24, 2.45) is 0 Å². The molecule has 0 radical (unpaired) electrons. The lowest BCUT2D eigenvalue weighted by molar-refractivity contribution is -0.385. The summed E-state index contributed by atoms with van der Waals surface area (Å²) in [4.78, 5) is 34.4. The van der Waals surface area contributed by atoms with Gasteiger partial charge in [-0.1, -0.05) is 35.3 Å². The molecule has 0 heterocycles. The molecule has 0 bridgehead atoms. The first-order valence-electron chi connectivity index (χ1n) is 7.66. The first kappa shape index (κ1) is 20.4. The van der Waals surface area contributed by atoms with Crippen LogP contribution >= 0.6 is 23.2 Å². The quantitative estimate of drug-likeness (QED) is 0.328. The van der Waals surface area contributed by atoms with E-state index in [4.69, 9.17) is 27.9 Å². The lowest BCUT2D eigenvalue weighted by atomic mass is 10.1. The van der Waals surface area contributed by atoms with Crippen molar-refractivity contribution in [1.29, 1.82) is 0 Å². The molecular formula is C18H14Cl2N2O5. The van der Waals surface area contributed by atoms with E-state index in [0.29, 0.717) is 5.02 Å². The molecule has 0 aromatic heterocycles. The summed E-state index contributed by atoms with van der Waals surface area (Å²) >= 11 is 11.8. The SMILES string of the molecule is C[C@@H](OC(=O)/C=C/c1ccccc1[N+](=O)[O-])C(=O)Nc1cc(Cl)ccc1Cl. The van der Waals surface area contributed by atoms with Crippen LogP contribution in [0.15, 0.2) is 48.5 Å². The molecule has 0 saturated carbocycles. The van der Waals surface area contributed by atoms with Gasteiger partial charge in [-0.15, -0.1) is 0 Å². The largest absolute Gasteiger partial charge is 0.449 e. The highest BCUT2D eigenvalue weighted by molar-refractivity contribution is 6.35. The Morgan fingerprint density at radius 2 is 1.93 bits per heavy atom. The number of para-hydroxylation sites is 1. The molecule has 0 spiro atoms. The molecule has 0 unspecified atom stereocenters. The highest BCUT2D eigenvalue weighted by atomic mass is 35.5. The molecule has 0 aliphatic carbocycles. The van der Waals surface area contributed by atoms with Crippen molar-refractivity contribution < 1.29 is 19.2 Å². The minimum atomic E-state index is -1.12. The second-order valence-corrected chi connectivity index (χ2v) is 6.19. The maximum absolute atomic E-state index is 12.1. The molecule has 2 aromatic carbocycles. The van der Waals surface area contributed by atoms with Gasteiger partial charge in [0.1, 0.15) is 0 Å². The number of rotatable bonds is 6. The number of nitrogens with zero attached hydrogens (tertiary/aromatic N) is 1. The molecule has 0 aliphatic rings. The van der Waals surface area contributed by atoms with E-state index in [1.165, 1.54) is 43.3 Å². The number of hydrogen-bond donors (Lipinski definition) is 1. The predicted molar refractivity (Wildman–Crippen MR) is 103 cm³/mol. The maximum Gasteiger partial charge on any atom is 0.331 e. The molecule has 0 saturated heterocycles. The zero-order valence-corrected chi connectivity index (χ0v) is 15.5. The fourth-order valence-electron chi connectivity index (χ4n) is 2.05. The van der Waals surface area contributed by atoms with Gasteiger partial charge in [-0.3, -0.25) is 14.9 Å². The van der Waals surface area contributed by atoms with Gasteiger partial charge in [0.2, 0.25) is 0 Å². The van der Waals surface area contributed by atoms with Crippen molar-refractivity contribution in [3.8, 4) is 0 Å². The van der Waals surface area contributed by atoms with Crippen molar-refractivity contribution >= 4 is 52.5 Å². The fourth-order valence-corrected chi connectivity index (χ4v) is 2.38. The molecule has 1 N–H and O–H groups in total. The monoisotopic (exact) mass is 408 g/mol. The van der Waals surface area contributed by atoms with Crippen molar-refractivity contribution in [2.45, 2.75) is 13.0 Å². The molecule has 9 heteroatoms. The molecule has 0 fully saturated rings. The van der Waals surface area contributed by atoms with Gasteiger partial charge in [-0.05, 0) is 37.3 Å². The van der Waals surface area contributed by atoms with E-state index in [2.05, 4.69) is 5.32 Å². The highest BCUT2D eigenvalue weighted by Gasteiger charge is 2.18. The molecule has 27 heavy (non-hydrogen) atoms. The Balaban J connectivity index is 2.00. The van der Waals surface area contributed by atoms with Crippen molar-refractivity contribution in [2.75, 3.05) is 5.32 Å². The lowest BCUT2D eigenvalue weighted by Gasteiger charge is -2.13. The average molecular weight is 409 g/mol. The normalized spacial score (nSPS) is 11.8. The topological polar surface area (TPSA) is 98.5 Å². The first-order valence-corrected chi connectivity index (χ1v) is 8.41. The third-order valence-electron chi connectivity index (χ3n) is 3.38. The Kier molecular flexibility index (Phi) is 6.92. The van der Waals surface area contributed by atoms with E-state index in [1.54, 1.807) is 12.1 Å². The summed E-state index contributed by atoms with van der Waals surface area (Å²) < 4.78 is 4.99. The standard InChI is InChI=1S/C18H14Cl2N2O5/c1-11(18(24)21-15-10-13(19)7-8-14(15)20)27-17(23)9-6-12-4-2-3-5-16(12)22(25)26/h2-11H,1H3,(H,21,24)/b9-6+/t11-/m1/s1. The molecule has 2 aromatic rings. The molecule has 7 nitrogen and oxygen atoms in total. The summed E-state index contributed by atoms with van der Waals surface area (Å²) in [6.45, 7) is 1.38. The number of hydrogen-bond acceptors (Lipinski definition) is 5. The summed E-state index contributed by atoms with van der Waals surface area (Å²) in [6, 6.07) is 10.5. The van der Waals surface area contributed by atoms with Gasteiger partial charge in [0.15, 0.2) is 6.10 Å². The average Bonchev–Trinajstić information content (AvgIpc) is 2.63. The van der Waals surface area contributed by atoms with Crippen LogP contribution in [0, 0.1) is 10.1 Å². The van der Waals surface area contributed by atoms with Crippen LogP contribution in [0.25, 0.3) is 6.08 Å². The molecule has 2 rings (SSSR count). The number of halogens is 2. The van der Waals surface area contributed by atoms with Crippen LogP contribution in [-0.4, -0.2) is 22.9 Å². The Morgan fingerprint density at radius 1 is 1.22 bits per heavy atom. The number of nitro benzene ring substituents is 1. The zero-order chi connectivity index (χ0) is 20.0. The lowest BCUT2D eigenvalue weighted by Crippen LogP contribution is -2.29. The number of amides is 1. The van der Waals surface area contributed by atoms with Crippen molar-refractivity contribution in [3.63, 3.8) is 0 Å². The Hall–Kier alpha value is -2.90. The van der Waals surface area contributed by atoms with E-state index < -0.39 is 22.9 Å². The van der Waals surface area contributed by atoms with Gasteiger partial charge < -0.3 is 10.1 Å². The highest BCUT2D eigenvalue weighted by Crippen LogP contribution is 2.25. The molecule has 140 valence electrons. The Labute approximate surface area is 164 Å². The van der Waals surface area contributed by atoms with Crippen LogP contribution < -0.4 is 5.32 Å². The number of nitrogens with one attached hydrogen (secondary N) is 1. The van der Waals surface area contributed by atoms with Gasteiger partial charge in [0, 0.05) is 17.2 Å². The number of benzene rings is 2. The first-order chi connectivity index (χ1) is 12.8. The molecule has 0 aliphatic heterocycles. The van der Waals surface area contributed by atoms with Gasteiger partial charge in [-0.2, -0.15) is 0 Å². The number of esters is 1. The summed E-state index contributed by atoms with van der Waals surface area (Å²) in [5.41, 5.74) is 0.373. The molecular weight excluding hydrogens is 395 g/mol. The number of carbonyl (C=O) groups excluding carboxylic acids is 2. The van der Waals surface area contributed by atoms with Crippen molar-refractivity contribution in [3.05, 3.63) is 74.3 Å². The van der Waals surface area contributed by atoms with Crippen LogP contribution in [0.3, 0.4) is 0 Å². The zero-order valence-electron chi connectivity index (χ0n) is 14.0. The summed E-state index contributed by atoms with van der Waals surface area (Å²) in [7, 11) is 0. The second kappa shape index (κ2) is 9.16. The molecule has 1 amide bonds. The van der Waals surface area contributed by atoms with Crippen LogP contribution in [0.1, 0.15) is 12.5 Å². The summed E-state index contributed by atoms with van der Waals surface area (Å²) in [6.07, 6.45) is 1.14. The predicted octanol–water partition coefficient (Wildman–Crippen LogP) is 4.49. The van der Waals surface area contributed by atoms with Crippen LogP contribution in [0.5, 0.6) is 0 Å². The minimum absolute atomic E-state index is 0.150. The van der Waals surface area contributed by atoms with Gasteiger partial charge in [-0.25, -0.2) is 4.79 Å². The van der Waals surface area contributed by atoms with Crippen LogP contribution in [0.4, 0.5) is 11.4 Å². The minimum Gasteiger partial charge on any atom is -0.449 e. The number of nitro groups is 1. The smallest absolute Gasteiger partial charge is 0.331 e. The van der Waals surface area contributed by atoms with Crippen LogP contribution in [0.2, 0.25) is 10.0 Å². The van der Waals surface area contributed by atoms with E-state index in [-0.39, 0.29) is 22.0 Å². The van der Waals surface area contributed by atoms with Gasteiger partial charge in [0.05, 0.1) is 21.2 Å². The second-order valence-electron chi connectivity index (χ2n) is 5.34. The van der Waals surface area contributed by atoms with Crippen molar-refractivity contribution in [1.82, 2.24) is 0 Å². The third-order valence-corrected chi connectivity index (χ3v) is 3.95. The molecule has 1 atom stereocenters. The summed E-state index contributed by atoms with van der Waals surface area (Å²) in [5.74, 6) is -1.43. The van der Waals surface area contributed by atoms with Crippen LogP contribution in [-0.2, 0) is 14.3 Å². The Bertz CT molecular complexity index is 914. The number of anilines is 1. The van der Waals surface area contributed by atoms with E-state index >= 15 is 0 Å². The van der Waals surface area contributed by atoms with E-state index in [0.717, 1.165) is 6.08 Å². The fraction of sp³-hybridized carbons (Fsp3) is 0.111. The van der Waals surface area contributed by atoms with Gasteiger partial charge >= 0.3 is 5.97 Å². The summed E-state index contributed by atoms with van der Waals surface area (Å²) in [5, 5.41) is 14.1.